The molecule has 0 fully saturated rings. The van der Waals surface area contributed by atoms with Gasteiger partial charge in [0.1, 0.15) is 5.75 Å². The molecule has 0 saturated heterocycles. The van der Waals surface area contributed by atoms with Crippen molar-refractivity contribution < 1.29 is 17.9 Å². The maximum Gasteiger partial charge on any atom is 0.257 e. The lowest BCUT2D eigenvalue weighted by Gasteiger charge is -2.10. The summed E-state index contributed by atoms with van der Waals surface area (Å²) in [5.41, 5.74) is 3.04. The average molecular weight is 362 g/mol. The highest BCUT2D eigenvalue weighted by atomic mass is 32.2. The number of carbonyl (C=O) groups excluding carboxylic acids is 1. The molecule has 0 spiro atoms. The molecular formula is C18H22N2O4S. The van der Waals surface area contributed by atoms with Crippen LogP contribution >= 0.6 is 0 Å². The molecule has 0 saturated carbocycles. The molecular weight excluding hydrogens is 340 g/mol. The van der Waals surface area contributed by atoms with Crippen molar-refractivity contribution in [1.82, 2.24) is 5.32 Å². The molecule has 2 aromatic carbocycles. The molecule has 0 aliphatic carbocycles. The monoisotopic (exact) mass is 362 g/mol. The van der Waals surface area contributed by atoms with Gasteiger partial charge in [0.25, 0.3) is 5.91 Å². The SMILES string of the molecule is Cc1ccc(OCC(=O)NCCc2ccc(S(N)(=O)=O)cc2)c(C)c1. The number of aryl methyl sites for hydroxylation is 2. The maximum absolute atomic E-state index is 11.8. The molecule has 0 unspecified atom stereocenters. The highest BCUT2D eigenvalue weighted by Gasteiger charge is 2.07. The first-order chi connectivity index (χ1) is 11.8. The van der Waals surface area contributed by atoms with Gasteiger partial charge < -0.3 is 10.1 Å². The number of carbonyl (C=O) groups is 1. The Hall–Kier alpha value is -2.38. The van der Waals surface area contributed by atoms with E-state index in [4.69, 9.17) is 9.88 Å². The van der Waals surface area contributed by atoms with E-state index in [9.17, 15) is 13.2 Å². The molecule has 2 aromatic rings. The van der Waals surface area contributed by atoms with Crippen LogP contribution in [0.2, 0.25) is 0 Å². The molecule has 6 nitrogen and oxygen atoms in total. The van der Waals surface area contributed by atoms with Gasteiger partial charge in [-0.2, -0.15) is 0 Å². The number of nitrogens with two attached hydrogens (primary N) is 1. The van der Waals surface area contributed by atoms with Crippen molar-refractivity contribution in [2.24, 2.45) is 5.14 Å². The van der Waals surface area contributed by atoms with Crippen LogP contribution in [0, 0.1) is 13.8 Å². The van der Waals surface area contributed by atoms with E-state index in [0.717, 1.165) is 16.7 Å². The number of rotatable bonds is 7. The summed E-state index contributed by atoms with van der Waals surface area (Å²) >= 11 is 0. The second kappa shape index (κ2) is 8.13. The van der Waals surface area contributed by atoms with Crippen LogP contribution in [0.25, 0.3) is 0 Å². The topological polar surface area (TPSA) is 98.5 Å². The molecule has 1 amide bonds. The molecule has 0 aromatic heterocycles. The number of amides is 1. The minimum absolute atomic E-state index is 0.0474. The highest BCUT2D eigenvalue weighted by Crippen LogP contribution is 2.18. The normalized spacial score (nSPS) is 11.2. The Labute approximate surface area is 148 Å². The molecule has 3 N–H and O–H groups in total. The fraction of sp³-hybridized carbons (Fsp3) is 0.278. The minimum atomic E-state index is -3.68. The van der Waals surface area contributed by atoms with Crippen molar-refractivity contribution in [3.8, 4) is 5.75 Å². The van der Waals surface area contributed by atoms with E-state index in [1.807, 2.05) is 32.0 Å². The standard InChI is InChI=1S/C18H22N2O4S/c1-13-3-8-17(14(2)11-13)24-12-18(21)20-10-9-15-4-6-16(7-5-15)25(19,22)23/h3-8,11H,9-10,12H2,1-2H3,(H,20,21)(H2,19,22,23). The van der Waals surface area contributed by atoms with Gasteiger partial charge in [0.2, 0.25) is 10.0 Å². The Balaban J connectivity index is 1.77. The van der Waals surface area contributed by atoms with Crippen LogP contribution in [-0.2, 0) is 21.2 Å². The summed E-state index contributed by atoms with van der Waals surface area (Å²) in [6.07, 6.45) is 0.584. The quantitative estimate of drug-likeness (QED) is 0.783. The second-order valence-electron chi connectivity index (χ2n) is 5.85. The van der Waals surface area contributed by atoms with Crippen LogP contribution in [0.4, 0.5) is 0 Å². The number of nitrogens with one attached hydrogen (secondary N) is 1. The molecule has 0 heterocycles. The molecule has 134 valence electrons. The fourth-order valence-corrected chi connectivity index (χ4v) is 2.86. The van der Waals surface area contributed by atoms with E-state index in [1.54, 1.807) is 12.1 Å². The first-order valence-corrected chi connectivity index (χ1v) is 9.39. The second-order valence-corrected chi connectivity index (χ2v) is 7.41. The molecule has 25 heavy (non-hydrogen) atoms. The van der Waals surface area contributed by atoms with Crippen LogP contribution in [0.15, 0.2) is 47.4 Å². The third kappa shape index (κ3) is 5.88. The fourth-order valence-electron chi connectivity index (χ4n) is 2.35. The Morgan fingerprint density at radius 3 is 2.40 bits per heavy atom. The van der Waals surface area contributed by atoms with Gasteiger partial charge in [-0.05, 0) is 49.6 Å². The zero-order valence-corrected chi connectivity index (χ0v) is 15.1. The number of ether oxygens (including phenoxy) is 1. The Morgan fingerprint density at radius 1 is 1.12 bits per heavy atom. The number of benzene rings is 2. The molecule has 0 atom stereocenters. The Morgan fingerprint density at radius 2 is 1.80 bits per heavy atom. The van der Waals surface area contributed by atoms with Gasteiger partial charge in [-0.1, -0.05) is 29.8 Å². The van der Waals surface area contributed by atoms with E-state index < -0.39 is 10.0 Å². The third-order valence-corrected chi connectivity index (χ3v) is 4.61. The summed E-state index contributed by atoms with van der Waals surface area (Å²) in [5, 5.41) is 7.82. The summed E-state index contributed by atoms with van der Waals surface area (Å²) in [4.78, 5) is 11.9. The van der Waals surface area contributed by atoms with E-state index in [1.165, 1.54) is 12.1 Å². The van der Waals surface area contributed by atoms with Crippen LogP contribution in [-0.4, -0.2) is 27.5 Å². The summed E-state index contributed by atoms with van der Waals surface area (Å²) in [6, 6.07) is 12.1. The maximum atomic E-state index is 11.8. The molecule has 0 aliphatic rings. The highest BCUT2D eigenvalue weighted by molar-refractivity contribution is 7.89. The average Bonchev–Trinajstić information content (AvgIpc) is 2.53. The number of sulfonamides is 1. The number of primary sulfonamides is 1. The third-order valence-electron chi connectivity index (χ3n) is 3.68. The predicted octanol–water partition coefficient (Wildman–Crippen LogP) is 1.69. The van der Waals surface area contributed by atoms with Crippen molar-refractivity contribution in [1.29, 1.82) is 0 Å². The van der Waals surface area contributed by atoms with Gasteiger partial charge in [-0.25, -0.2) is 13.6 Å². The molecule has 7 heteroatoms. The van der Waals surface area contributed by atoms with Crippen LogP contribution in [0.3, 0.4) is 0 Å². The predicted molar refractivity (Wildman–Crippen MR) is 95.9 cm³/mol. The lowest BCUT2D eigenvalue weighted by Crippen LogP contribution is -2.30. The van der Waals surface area contributed by atoms with E-state index in [0.29, 0.717) is 18.7 Å². The minimum Gasteiger partial charge on any atom is -0.484 e. The largest absolute Gasteiger partial charge is 0.484 e. The van der Waals surface area contributed by atoms with Gasteiger partial charge in [0, 0.05) is 6.54 Å². The van der Waals surface area contributed by atoms with Crippen LogP contribution < -0.4 is 15.2 Å². The van der Waals surface area contributed by atoms with E-state index in [2.05, 4.69) is 5.32 Å². The van der Waals surface area contributed by atoms with Gasteiger partial charge in [-0.15, -0.1) is 0 Å². The summed E-state index contributed by atoms with van der Waals surface area (Å²) < 4.78 is 27.9. The van der Waals surface area contributed by atoms with E-state index in [-0.39, 0.29) is 17.4 Å². The summed E-state index contributed by atoms with van der Waals surface area (Å²) in [6.45, 7) is 4.32. The van der Waals surface area contributed by atoms with Crippen molar-refractivity contribution in [2.75, 3.05) is 13.2 Å². The van der Waals surface area contributed by atoms with Crippen molar-refractivity contribution in [2.45, 2.75) is 25.2 Å². The van der Waals surface area contributed by atoms with E-state index >= 15 is 0 Å². The molecule has 2 rings (SSSR count). The Kier molecular flexibility index (Phi) is 6.17. The van der Waals surface area contributed by atoms with Gasteiger partial charge in [0.15, 0.2) is 6.61 Å². The smallest absolute Gasteiger partial charge is 0.257 e. The van der Waals surface area contributed by atoms with Gasteiger partial charge in [-0.3, -0.25) is 4.79 Å². The molecule has 0 bridgehead atoms. The summed E-state index contributed by atoms with van der Waals surface area (Å²) in [7, 11) is -3.68. The lowest BCUT2D eigenvalue weighted by atomic mass is 10.1. The zero-order valence-electron chi connectivity index (χ0n) is 14.3. The van der Waals surface area contributed by atoms with Crippen LogP contribution in [0.5, 0.6) is 5.75 Å². The summed E-state index contributed by atoms with van der Waals surface area (Å²) in [5.74, 6) is 0.487. The van der Waals surface area contributed by atoms with Crippen molar-refractivity contribution in [3.63, 3.8) is 0 Å². The first kappa shape index (κ1) is 19.0. The Bertz CT molecular complexity index is 846. The molecule has 0 radical (unpaired) electrons. The zero-order chi connectivity index (χ0) is 18.4. The van der Waals surface area contributed by atoms with Gasteiger partial charge >= 0.3 is 0 Å². The first-order valence-electron chi connectivity index (χ1n) is 7.84. The van der Waals surface area contributed by atoms with Gasteiger partial charge in [0.05, 0.1) is 4.90 Å². The lowest BCUT2D eigenvalue weighted by molar-refractivity contribution is -0.123. The number of hydrogen-bond acceptors (Lipinski definition) is 4. The number of hydrogen-bond donors (Lipinski definition) is 2. The molecule has 0 aliphatic heterocycles. The van der Waals surface area contributed by atoms with Crippen molar-refractivity contribution in [3.05, 3.63) is 59.2 Å². The van der Waals surface area contributed by atoms with Crippen molar-refractivity contribution >= 4 is 15.9 Å². The van der Waals surface area contributed by atoms with Crippen LogP contribution in [0.1, 0.15) is 16.7 Å².